The zero-order chi connectivity index (χ0) is 8.85. The summed E-state index contributed by atoms with van der Waals surface area (Å²) in [7, 11) is 2.10. The van der Waals surface area contributed by atoms with Crippen LogP contribution >= 0.6 is 0 Å². The lowest BCUT2D eigenvalue weighted by Gasteiger charge is -2.08. The van der Waals surface area contributed by atoms with Gasteiger partial charge in [-0.3, -0.25) is 0 Å². The molecule has 0 spiro atoms. The third-order valence-electron chi connectivity index (χ3n) is 1.74. The van der Waals surface area contributed by atoms with Gasteiger partial charge in [0.15, 0.2) is 0 Å². The van der Waals surface area contributed by atoms with E-state index >= 15 is 0 Å². The lowest BCUT2D eigenvalue weighted by atomic mass is 9.83. The Kier molecular flexibility index (Phi) is 4.68. The van der Waals surface area contributed by atoms with Crippen LogP contribution < -0.4 is 0 Å². The minimum atomic E-state index is 0.552. The molecule has 0 heterocycles. The summed E-state index contributed by atoms with van der Waals surface area (Å²) in [5.41, 5.74) is 2.50. The van der Waals surface area contributed by atoms with E-state index in [0.29, 0.717) is 5.92 Å². The Balaban J connectivity index is 4.24. The minimum Gasteiger partial charge on any atom is -0.0961 e. The summed E-state index contributed by atoms with van der Waals surface area (Å²) in [4.78, 5) is 0. The van der Waals surface area contributed by atoms with Crippen LogP contribution in [-0.2, 0) is 0 Å². The molecule has 0 saturated carbocycles. The highest BCUT2D eigenvalue weighted by Crippen LogP contribution is 2.13. The summed E-state index contributed by atoms with van der Waals surface area (Å²) in [6, 6.07) is 0. The van der Waals surface area contributed by atoms with E-state index in [0.717, 1.165) is 0 Å². The second kappa shape index (κ2) is 5.00. The minimum absolute atomic E-state index is 0.552. The lowest BCUT2D eigenvalue weighted by Crippen LogP contribution is -1.95. The van der Waals surface area contributed by atoms with Gasteiger partial charge in [0.2, 0.25) is 0 Å². The van der Waals surface area contributed by atoms with Crippen LogP contribution in [0.15, 0.2) is 35.9 Å². The molecule has 60 valence electrons. The molecule has 0 bridgehead atoms. The van der Waals surface area contributed by atoms with Gasteiger partial charge in [0, 0.05) is 0 Å². The topological polar surface area (TPSA) is 0 Å². The third kappa shape index (κ3) is 3.87. The number of hydrogen-bond acceptors (Lipinski definition) is 0. The first kappa shape index (κ1) is 10.3. The molecule has 0 amide bonds. The molecule has 11 heavy (non-hydrogen) atoms. The van der Waals surface area contributed by atoms with Gasteiger partial charge in [-0.05, 0) is 12.8 Å². The summed E-state index contributed by atoms with van der Waals surface area (Å²) >= 11 is 0. The summed E-state index contributed by atoms with van der Waals surface area (Å²) < 4.78 is 0. The van der Waals surface area contributed by atoms with Gasteiger partial charge in [-0.1, -0.05) is 49.7 Å². The van der Waals surface area contributed by atoms with Gasteiger partial charge in [0.05, 0.1) is 0 Å². The molecule has 0 unspecified atom stereocenters. The molecule has 0 aliphatic rings. The average Bonchev–Trinajstić information content (AvgIpc) is 1.98. The molecule has 0 N–H and O–H groups in total. The Hall–Kier alpha value is -0.715. The van der Waals surface area contributed by atoms with Crippen molar-refractivity contribution in [3.63, 3.8) is 0 Å². The van der Waals surface area contributed by atoms with Gasteiger partial charge < -0.3 is 0 Å². The molecular formula is C10H17B. The van der Waals surface area contributed by atoms with Crippen LogP contribution in [0.4, 0.5) is 0 Å². The van der Waals surface area contributed by atoms with Crippen molar-refractivity contribution in [3.8, 4) is 0 Å². The van der Waals surface area contributed by atoms with Crippen LogP contribution in [0.3, 0.4) is 0 Å². The Labute approximate surface area is 71.1 Å². The summed E-state index contributed by atoms with van der Waals surface area (Å²) in [6.07, 6.45) is 6.17. The largest absolute Gasteiger partial charge is 0.139 e. The molecular weight excluding hydrogens is 131 g/mol. The van der Waals surface area contributed by atoms with Crippen molar-refractivity contribution in [2.75, 3.05) is 0 Å². The maximum absolute atomic E-state index is 4.00. The van der Waals surface area contributed by atoms with Gasteiger partial charge in [-0.25, -0.2) is 0 Å². The zero-order valence-electron chi connectivity index (χ0n) is 8.02. The van der Waals surface area contributed by atoms with E-state index in [2.05, 4.69) is 34.3 Å². The first-order chi connectivity index (χ1) is 5.09. The maximum Gasteiger partial charge on any atom is 0.139 e. The van der Waals surface area contributed by atoms with Crippen molar-refractivity contribution in [2.45, 2.75) is 20.8 Å². The molecule has 0 atom stereocenters. The van der Waals surface area contributed by atoms with Gasteiger partial charge >= 0.3 is 0 Å². The molecule has 0 aromatic carbocycles. The number of allylic oxidation sites excluding steroid dienone is 5. The van der Waals surface area contributed by atoms with Crippen molar-refractivity contribution >= 4 is 7.85 Å². The predicted molar refractivity (Wildman–Crippen MR) is 55.4 cm³/mol. The van der Waals surface area contributed by atoms with E-state index in [1.165, 1.54) is 11.0 Å². The van der Waals surface area contributed by atoms with Crippen LogP contribution in [0.25, 0.3) is 0 Å². The van der Waals surface area contributed by atoms with E-state index in [4.69, 9.17) is 0 Å². The van der Waals surface area contributed by atoms with E-state index in [-0.39, 0.29) is 0 Å². The highest BCUT2D eigenvalue weighted by molar-refractivity contribution is 6.24. The van der Waals surface area contributed by atoms with Crippen molar-refractivity contribution in [3.05, 3.63) is 35.9 Å². The fourth-order valence-electron chi connectivity index (χ4n) is 0.803. The molecule has 0 aromatic rings. The Morgan fingerprint density at radius 3 is 2.36 bits per heavy atom. The van der Waals surface area contributed by atoms with Crippen LogP contribution in [-0.4, -0.2) is 7.85 Å². The van der Waals surface area contributed by atoms with Crippen LogP contribution in [0.1, 0.15) is 20.8 Å². The molecule has 0 aliphatic carbocycles. The second-order valence-electron chi connectivity index (χ2n) is 3.06. The predicted octanol–water partition coefficient (Wildman–Crippen LogP) is 2.29. The molecule has 0 aromatic heterocycles. The van der Waals surface area contributed by atoms with Crippen LogP contribution in [0.5, 0.6) is 0 Å². The van der Waals surface area contributed by atoms with E-state index < -0.39 is 0 Å². The molecule has 0 nitrogen and oxygen atoms in total. The molecule has 0 radical (unpaired) electrons. The Bertz CT molecular complexity index is 185. The Morgan fingerprint density at radius 1 is 1.45 bits per heavy atom. The highest BCUT2D eigenvalue weighted by atomic mass is 14.0. The summed E-state index contributed by atoms with van der Waals surface area (Å²) in [5.74, 6) is 0.552. The smallest absolute Gasteiger partial charge is 0.0961 e. The molecule has 0 fully saturated rings. The SMILES string of the molecule is B/C(=C/C=C\C)C(=C)C(C)C. The Morgan fingerprint density at radius 2 is 2.00 bits per heavy atom. The normalized spacial score (nSPS) is 12.9. The summed E-state index contributed by atoms with van der Waals surface area (Å²) in [5, 5.41) is 0. The van der Waals surface area contributed by atoms with Crippen molar-refractivity contribution in [1.29, 1.82) is 0 Å². The van der Waals surface area contributed by atoms with Gasteiger partial charge in [-0.2, -0.15) is 0 Å². The molecule has 0 aliphatic heterocycles. The fraction of sp³-hybridized carbons (Fsp3) is 0.400. The first-order valence-corrected chi connectivity index (χ1v) is 4.08. The molecule has 0 rings (SSSR count). The number of hydrogen-bond donors (Lipinski definition) is 0. The van der Waals surface area contributed by atoms with Crippen LogP contribution in [0.2, 0.25) is 0 Å². The first-order valence-electron chi connectivity index (χ1n) is 4.08. The highest BCUT2D eigenvalue weighted by Gasteiger charge is 1.99. The van der Waals surface area contributed by atoms with Gasteiger partial charge in [-0.15, -0.1) is 0 Å². The van der Waals surface area contributed by atoms with E-state index in [1.807, 2.05) is 19.1 Å². The lowest BCUT2D eigenvalue weighted by molar-refractivity contribution is 0.791. The van der Waals surface area contributed by atoms with Crippen molar-refractivity contribution in [1.82, 2.24) is 0 Å². The second-order valence-corrected chi connectivity index (χ2v) is 3.06. The quantitative estimate of drug-likeness (QED) is 0.425. The fourth-order valence-corrected chi connectivity index (χ4v) is 0.803. The standard InChI is InChI=1S/C10H17B/c1-5-6-7-10(11)9(4)8(2)3/h5-8H,4,11H2,1-3H3/b6-5-,10-7+. The molecule has 0 saturated heterocycles. The zero-order valence-corrected chi connectivity index (χ0v) is 8.02. The maximum atomic E-state index is 4.00. The van der Waals surface area contributed by atoms with E-state index in [1.54, 1.807) is 0 Å². The third-order valence-corrected chi connectivity index (χ3v) is 1.74. The monoisotopic (exact) mass is 148 g/mol. The number of rotatable bonds is 3. The van der Waals surface area contributed by atoms with Gasteiger partial charge in [0.25, 0.3) is 0 Å². The molecule has 1 heteroatoms. The average molecular weight is 148 g/mol. The van der Waals surface area contributed by atoms with Crippen LogP contribution in [0, 0.1) is 5.92 Å². The van der Waals surface area contributed by atoms with Crippen molar-refractivity contribution in [2.24, 2.45) is 5.92 Å². The summed E-state index contributed by atoms with van der Waals surface area (Å²) in [6.45, 7) is 10.3. The van der Waals surface area contributed by atoms with E-state index in [9.17, 15) is 0 Å². The van der Waals surface area contributed by atoms with Crippen molar-refractivity contribution < 1.29 is 0 Å². The van der Waals surface area contributed by atoms with Gasteiger partial charge in [0.1, 0.15) is 7.85 Å².